The number of hydrogen-bond donors (Lipinski definition) is 1. The zero-order chi connectivity index (χ0) is 19.4. The molecule has 0 aromatic heterocycles. The largest absolute Gasteiger partial charge is 0.371 e. The van der Waals surface area contributed by atoms with E-state index in [1.54, 1.807) is 0 Å². The first-order chi connectivity index (χ1) is 10.4. The predicted molar refractivity (Wildman–Crippen MR) is 110 cm³/mol. The molecule has 0 aromatic carbocycles. The van der Waals surface area contributed by atoms with Crippen LogP contribution >= 0.6 is 11.8 Å². The summed E-state index contributed by atoms with van der Waals surface area (Å²) in [6.07, 6.45) is 2.38. The summed E-state index contributed by atoms with van der Waals surface area (Å²) in [7, 11) is 0. The van der Waals surface area contributed by atoms with Crippen LogP contribution in [-0.4, -0.2) is 29.4 Å². The standard InChI is InChI=1S/C21H43NOS/c1-14(24-13)22-15-18(5,6)20(9,10)16(23-17(2,3)4)21(11,12)19(15,7)8/h14-16,22H,1-13H3. The molecule has 144 valence electrons. The fourth-order valence-corrected chi connectivity index (χ4v) is 4.86. The Labute approximate surface area is 156 Å². The Balaban J connectivity index is 3.48. The fourth-order valence-electron chi connectivity index (χ4n) is 4.59. The minimum Gasteiger partial charge on any atom is -0.371 e. The molecule has 0 bridgehead atoms. The van der Waals surface area contributed by atoms with Crippen molar-refractivity contribution in [1.82, 2.24) is 5.32 Å². The molecule has 0 saturated heterocycles. The van der Waals surface area contributed by atoms with E-state index < -0.39 is 0 Å². The molecule has 0 radical (unpaired) electrons. The van der Waals surface area contributed by atoms with Crippen LogP contribution in [0.25, 0.3) is 0 Å². The molecule has 24 heavy (non-hydrogen) atoms. The van der Waals surface area contributed by atoms with Crippen LogP contribution in [0.3, 0.4) is 0 Å². The Morgan fingerprint density at radius 3 is 1.50 bits per heavy atom. The monoisotopic (exact) mass is 357 g/mol. The lowest BCUT2D eigenvalue weighted by atomic mass is 9.41. The summed E-state index contributed by atoms with van der Waals surface area (Å²) in [4.78, 5) is 0. The van der Waals surface area contributed by atoms with E-state index in [0.717, 1.165) is 0 Å². The molecule has 1 aliphatic carbocycles. The first-order valence-corrected chi connectivity index (χ1v) is 10.7. The molecule has 0 amide bonds. The number of hydrogen-bond acceptors (Lipinski definition) is 3. The summed E-state index contributed by atoms with van der Waals surface area (Å²) in [5.74, 6) is 0. The molecule has 1 rings (SSSR count). The lowest BCUT2D eigenvalue weighted by molar-refractivity contribution is -0.262. The highest BCUT2D eigenvalue weighted by Crippen LogP contribution is 2.64. The smallest absolute Gasteiger partial charge is 0.0695 e. The van der Waals surface area contributed by atoms with Crippen LogP contribution in [0.15, 0.2) is 0 Å². The maximum Gasteiger partial charge on any atom is 0.0695 e. The average Bonchev–Trinajstić information content (AvgIpc) is 2.38. The topological polar surface area (TPSA) is 21.3 Å². The number of nitrogens with one attached hydrogen (secondary N) is 1. The van der Waals surface area contributed by atoms with Crippen molar-refractivity contribution in [3.05, 3.63) is 0 Å². The Kier molecular flexibility index (Phi) is 6.00. The molecule has 2 nitrogen and oxygen atoms in total. The maximum absolute atomic E-state index is 6.73. The third-order valence-corrected chi connectivity index (χ3v) is 8.15. The quantitative estimate of drug-likeness (QED) is 0.628. The predicted octanol–water partition coefficient (Wildman–Crippen LogP) is 5.96. The van der Waals surface area contributed by atoms with Crippen LogP contribution in [0.4, 0.5) is 0 Å². The molecular formula is C21H43NOS. The van der Waals surface area contributed by atoms with Crippen LogP contribution in [0, 0.1) is 21.7 Å². The van der Waals surface area contributed by atoms with Crippen molar-refractivity contribution in [2.24, 2.45) is 21.7 Å². The summed E-state index contributed by atoms with van der Waals surface area (Å²) in [6, 6.07) is 0.414. The molecular weight excluding hydrogens is 314 g/mol. The summed E-state index contributed by atoms with van der Waals surface area (Å²) in [5, 5.41) is 4.40. The van der Waals surface area contributed by atoms with Crippen LogP contribution in [0.5, 0.6) is 0 Å². The Hall–Kier alpha value is 0.270. The third-order valence-electron chi connectivity index (χ3n) is 7.30. The lowest BCUT2D eigenvalue weighted by Gasteiger charge is -2.69. The molecule has 1 unspecified atom stereocenters. The molecule has 0 aliphatic heterocycles. The second kappa shape index (κ2) is 6.46. The van der Waals surface area contributed by atoms with E-state index >= 15 is 0 Å². The van der Waals surface area contributed by atoms with Gasteiger partial charge >= 0.3 is 0 Å². The molecule has 1 fully saturated rings. The Bertz CT molecular complexity index is 417. The fraction of sp³-hybridized carbons (Fsp3) is 1.00. The van der Waals surface area contributed by atoms with E-state index in [0.29, 0.717) is 11.4 Å². The van der Waals surface area contributed by atoms with E-state index in [1.165, 1.54) is 0 Å². The summed E-state index contributed by atoms with van der Waals surface area (Å²) in [5.41, 5.74) is 0.167. The molecule has 1 saturated carbocycles. The van der Waals surface area contributed by atoms with Gasteiger partial charge in [-0.25, -0.2) is 0 Å². The van der Waals surface area contributed by atoms with Gasteiger partial charge in [0.1, 0.15) is 0 Å². The third kappa shape index (κ3) is 3.55. The van der Waals surface area contributed by atoms with Gasteiger partial charge in [-0.2, -0.15) is 0 Å². The Morgan fingerprint density at radius 2 is 1.21 bits per heavy atom. The summed E-state index contributed by atoms with van der Waals surface area (Å²) in [6.45, 7) is 28.1. The van der Waals surface area contributed by atoms with Crippen LogP contribution < -0.4 is 5.32 Å². The van der Waals surface area contributed by atoms with Gasteiger partial charge in [0.05, 0.1) is 17.1 Å². The van der Waals surface area contributed by atoms with E-state index in [1.807, 2.05) is 11.8 Å². The number of thioether (sulfide) groups is 1. The van der Waals surface area contributed by atoms with E-state index in [2.05, 4.69) is 94.7 Å². The molecule has 1 aliphatic rings. The first-order valence-electron chi connectivity index (χ1n) is 9.39. The number of rotatable bonds is 4. The minimum absolute atomic E-state index is 0.0507. The van der Waals surface area contributed by atoms with Crippen LogP contribution in [-0.2, 0) is 4.74 Å². The second-order valence-electron chi connectivity index (χ2n) is 11.0. The van der Waals surface area contributed by atoms with Gasteiger partial charge in [-0.1, -0.05) is 55.4 Å². The van der Waals surface area contributed by atoms with Crippen molar-refractivity contribution in [1.29, 1.82) is 0 Å². The van der Waals surface area contributed by atoms with Crippen molar-refractivity contribution >= 4 is 11.8 Å². The van der Waals surface area contributed by atoms with Crippen molar-refractivity contribution in [3.8, 4) is 0 Å². The maximum atomic E-state index is 6.73. The average molecular weight is 358 g/mol. The molecule has 3 heteroatoms. The molecule has 0 aromatic rings. The van der Waals surface area contributed by atoms with Gasteiger partial charge in [0.2, 0.25) is 0 Å². The Morgan fingerprint density at radius 1 is 0.833 bits per heavy atom. The van der Waals surface area contributed by atoms with Gasteiger partial charge in [0.25, 0.3) is 0 Å². The van der Waals surface area contributed by atoms with Gasteiger partial charge in [-0.15, -0.1) is 11.8 Å². The van der Waals surface area contributed by atoms with Crippen molar-refractivity contribution in [2.75, 3.05) is 6.26 Å². The SMILES string of the molecule is CSC(C)NC1C(C)(C)C(C)(C)C(OC(C)(C)C)C(C)(C)C1(C)C. The molecule has 0 spiro atoms. The van der Waals surface area contributed by atoms with E-state index in [4.69, 9.17) is 4.74 Å². The van der Waals surface area contributed by atoms with Crippen molar-refractivity contribution < 1.29 is 4.74 Å². The second-order valence-corrected chi connectivity index (χ2v) is 12.2. The normalized spacial score (nSPS) is 32.4. The van der Waals surface area contributed by atoms with E-state index in [-0.39, 0.29) is 33.4 Å². The molecule has 1 N–H and O–H groups in total. The highest BCUT2D eigenvalue weighted by Gasteiger charge is 2.66. The lowest BCUT2D eigenvalue weighted by Crippen LogP contribution is -2.73. The molecule has 1 atom stereocenters. The zero-order valence-corrected chi connectivity index (χ0v) is 19.4. The van der Waals surface area contributed by atoms with Crippen molar-refractivity contribution in [2.45, 2.75) is 106 Å². The number of ether oxygens (including phenoxy) is 1. The zero-order valence-electron chi connectivity index (χ0n) is 18.5. The highest BCUT2D eigenvalue weighted by atomic mass is 32.2. The van der Waals surface area contributed by atoms with E-state index in [9.17, 15) is 0 Å². The van der Waals surface area contributed by atoms with Gasteiger partial charge in [0.15, 0.2) is 0 Å². The van der Waals surface area contributed by atoms with Gasteiger partial charge in [0, 0.05) is 6.04 Å². The van der Waals surface area contributed by atoms with Crippen molar-refractivity contribution in [3.63, 3.8) is 0 Å². The van der Waals surface area contributed by atoms with Gasteiger partial charge < -0.3 is 10.1 Å². The van der Waals surface area contributed by atoms with Gasteiger partial charge in [-0.05, 0) is 55.6 Å². The highest BCUT2D eigenvalue weighted by molar-refractivity contribution is 7.99. The summed E-state index contributed by atoms with van der Waals surface area (Å²) >= 11 is 1.89. The first kappa shape index (κ1) is 22.3. The molecule has 0 heterocycles. The van der Waals surface area contributed by atoms with Gasteiger partial charge in [-0.3, -0.25) is 0 Å². The summed E-state index contributed by atoms with van der Waals surface area (Å²) < 4.78 is 6.73. The van der Waals surface area contributed by atoms with Crippen LogP contribution in [0.2, 0.25) is 0 Å². The minimum atomic E-state index is -0.141. The van der Waals surface area contributed by atoms with Crippen LogP contribution in [0.1, 0.15) is 83.1 Å².